The maximum Gasteiger partial charge on any atom is 0.339 e. The fourth-order valence-electron chi connectivity index (χ4n) is 2.61. The maximum atomic E-state index is 12.9. The molecule has 0 aliphatic carbocycles. The molecule has 6 nitrogen and oxygen atoms in total. The molecule has 0 saturated carbocycles. The van der Waals surface area contributed by atoms with Gasteiger partial charge >= 0.3 is 5.97 Å². The number of carbonyl (C=O) groups is 2. The summed E-state index contributed by atoms with van der Waals surface area (Å²) in [6.45, 7) is 1.92. The monoisotopic (exact) mass is 354 g/mol. The van der Waals surface area contributed by atoms with E-state index in [-0.39, 0.29) is 29.1 Å². The van der Waals surface area contributed by atoms with E-state index in [1.165, 1.54) is 18.2 Å². The third-order valence-corrected chi connectivity index (χ3v) is 3.99. The largest absolute Gasteiger partial charge is 0.505 e. The first-order valence-corrected chi connectivity index (χ1v) is 7.76. The van der Waals surface area contributed by atoms with Crippen molar-refractivity contribution < 1.29 is 24.2 Å². The number of carbonyl (C=O) groups excluding carboxylic acids is 1. The summed E-state index contributed by atoms with van der Waals surface area (Å²) in [5.41, 5.74) is 1.21. The number of hydrogen-bond donors (Lipinski definition) is 3. The third-order valence-electron chi connectivity index (χ3n) is 3.99. The van der Waals surface area contributed by atoms with E-state index in [0.29, 0.717) is 16.5 Å². The molecule has 7 heteroatoms. The average molecular weight is 354 g/mol. The van der Waals surface area contributed by atoms with Gasteiger partial charge in [0, 0.05) is 11.9 Å². The summed E-state index contributed by atoms with van der Waals surface area (Å²) in [6.07, 6.45) is 0. The van der Waals surface area contributed by atoms with Crippen molar-refractivity contribution in [2.45, 2.75) is 13.5 Å². The SMILES string of the molecule is Cc1cc(C(=O)NCc2ccc(F)cc2)nc2c(O)c(C(=O)O)ccc12. The van der Waals surface area contributed by atoms with Crippen molar-refractivity contribution in [3.05, 3.63) is 70.7 Å². The number of nitrogens with one attached hydrogen (secondary N) is 1. The number of aromatic nitrogens is 1. The van der Waals surface area contributed by atoms with Crippen LogP contribution in [-0.4, -0.2) is 27.1 Å². The topological polar surface area (TPSA) is 99.5 Å². The molecule has 0 aliphatic heterocycles. The van der Waals surface area contributed by atoms with Gasteiger partial charge in [0.1, 0.15) is 22.6 Å². The van der Waals surface area contributed by atoms with Crippen molar-refractivity contribution in [2.75, 3.05) is 0 Å². The quantitative estimate of drug-likeness (QED) is 0.669. The van der Waals surface area contributed by atoms with Gasteiger partial charge in [-0.15, -0.1) is 0 Å². The molecule has 1 amide bonds. The van der Waals surface area contributed by atoms with Gasteiger partial charge in [-0.2, -0.15) is 0 Å². The smallest absolute Gasteiger partial charge is 0.339 e. The number of amides is 1. The number of aryl methyl sites for hydroxylation is 1. The van der Waals surface area contributed by atoms with Gasteiger partial charge in [0.05, 0.1) is 0 Å². The molecule has 0 atom stereocenters. The van der Waals surface area contributed by atoms with E-state index in [9.17, 15) is 19.1 Å². The van der Waals surface area contributed by atoms with Gasteiger partial charge in [0.15, 0.2) is 5.75 Å². The molecule has 26 heavy (non-hydrogen) atoms. The number of carboxylic acids is 1. The first kappa shape index (κ1) is 17.3. The Morgan fingerprint density at radius 2 is 1.85 bits per heavy atom. The summed E-state index contributed by atoms with van der Waals surface area (Å²) in [5.74, 6) is -2.61. The van der Waals surface area contributed by atoms with Crippen LogP contribution in [0.25, 0.3) is 10.9 Å². The number of fused-ring (bicyclic) bond motifs is 1. The summed E-state index contributed by atoms with van der Waals surface area (Å²) in [4.78, 5) is 27.6. The zero-order valence-electron chi connectivity index (χ0n) is 13.8. The first-order chi connectivity index (χ1) is 12.4. The Bertz CT molecular complexity index is 1020. The fraction of sp³-hybridized carbons (Fsp3) is 0.105. The minimum atomic E-state index is -1.28. The van der Waals surface area contributed by atoms with E-state index in [4.69, 9.17) is 5.11 Å². The number of pyridine rings is 1. The molecule has 132 valence electrons. The Labute approximate surface area is 147 Å². The number of halogens is 1. The van der Waals surface area contributed by atoms with Crippen LogP contribution in [0.3, 0.4) is 0 Å². The average Bonchev–Trinajstić information content (AvgIpc) is 2.61. The minimum absolute atomic E-state index is 0.0509. The second-order valence-electron chi connectivity index (χ2n) is 5.80. The number of aromatic hydroxyl groups is 1. The van der Waals surface area contributed by atoms with Crippen LogP contribution in [-0.2, 0) is 6.54 Å². The predicted molar refractivity (Wildman–Crippen MR) is 92.7 cm³/mol. The van der Waals surface area contributed by atoms with E-state index < -0.39 is 17.6 Å². The minimum Gasteiger partial charge on any atom is -0.505 e. The molecule has 3 aromatic rings. The van der Waals surface area contributed by atoms with Crippen LogP contribution < -0.4 is 5.32 Å². The Morgan fingerprint density at radius 3 is 2.50 bits per heavy atom. The number of nitrogens with zero attached hydrogens (tertiary/aromatic N) is 1. The highest BCUT2D eigenvalue weighted by Crippen LogP contribution is 2.29. The van der Waals surface area contributed by atoms with Crippen LogP contribution in [0.15, 0.2) is 42.5 Å². The van der Waals surface area contributed by atoms with Gasteiger partial charge < -0.3 is 15.5 Å². The molecule has 0 fully saturated rings. The number of hydrogen-bond acceptors (Lipinski definition) is 4. The second-order valence-corrected chi connectivity index (χ2v) is 5.80. The van der Waals surface area contributed by atoms with Crippen molar-refractivity contribution >= 4 is 22.8 Å². The molecule has 1 aromatic heterocycles. The van der Waals surface area contributed by atoms with Gasteiger partial charge in [-0.1, -0.05) is 18.2 Å². The normalized spacial score (nSPS) is 10.7. The van der Waals surface area contributed by atoms with E-state index in [1.54, 1.807) is 31.2 Å². The van der Waals surface area contributed by atoms with E-state index >= 15 is 0 Å². The lowest BCUT2D eigenvalue weighted by Crippen LogP contribution is -2.24. The first-order valence-electron chi connectivity index (χ1n) is 7.76. The highest BCUT2D eigenvalue weighted by atomic mass is 19.1. The number of benzene rings is 2. The summed E-state index contributed by atoms with van der Waals surface area (Å²) in [7, 11) is 0. The molecule has 0 saturated heterocycles. The highest BCUT2D eigenvalue weighted by Gasteiger charge is 2.17. The van der Waals surface area contributed by atoms with Crippen LogP contribution in [0.1, 0.15) is 32.0 Å². The molecule has 0 aliphatic rings. The highest BCUT2D eigenvalue weighted by molar-refractivity contribution is 6.02. The maximum absolute atomic E-state index is 12.9. The van der Waals surface area contributed by atoms with Gasteiger partial charge in [-0.25, -0.2) is 14.2 Å². The fourth-order valence-corrected chi connectivity index (χ4v) is 2.61. The van der Waals surface area contributed by atoms with Crippen LogP contribution >= 0.6 is 0 Å². The summed E-state index contributed by atoms with van der Waals surface area (Å²) >= 11 is 0. The standard InChI is InChI=1S/C19H15FN2O4/c1-10-8-15(18(24)21-9-11-2-4-12(20)5-3-11)22-16-13(10)6-7-14(17(16)23)19(25)26/h2-8,23H,9H2,1H3,(H,21,24)(H,25,26). The lowest BCUT2D eigenvalue weighted by atomic mass is 10.0. The van der Waals surface area contributed by atoms with Crippen LogP contribution in [0, 0.1) is 12.7 Å². The molecule has 0 spiro atoms. The summed E-state index contributed by atoms with van der Waals surface area (Å²) < 4.78 is 12.9. The molecular weight excluding hydrogens is 339 g/mol. The van der Waals surface area contributed by atoms with E-state index in [2.05, 4.69) is 10.3 Å². The number of phenols is 1. The number of carboxylic acid groups (broad SMARTS) is 1. The Morgan fingerprint density at radius 1 is 1.15 bits per heavy atom. The van der Waals surface area contributed by atoms with Gasteiger partial charge in [0.25, 0.3) is 5.91 Å². The zero-order valence-corrected chi connectivity index (χ0v) is 13.8. The van der Waals surface area contributed by atoms with Crippen LogP contribution in [0.2, 0.25) is 0 Å². The summed E-state index contributed by atoms with van der Waals surface area (Å²) in [5, 5.41) is 22.5. The van der Waals surface area contributed by atoms with Gasteiger partial charge in [-0.05, 0) is 42.3 Å². The van der Waals surface area contributed by atoms with E-state index in [1.807, 2.05) is 0 Å². The zero-order chi connectivity index (χ0) is 18.8. The van der Waals surface area contributed by atoms with Crippen molar-refractivity contribution in [3.8, 4) is 5.75 Å². The second kappa shape index (κ2) is 6.79. The number of rotatable bonds is 4. The molecule has 3 rings (SSSR count). The van der Waals surface area contributed by atoms with Crippen molar-refractivity contribution in [3.63, 3.8) is 0 Å². The van der Waals surface area contributed by atoms with Gasteiger partial charge in [-0.3, -0.25) is 4.79 Å². The lowest BCUT2D eigenvalue weighted by molar-refractivity contribution is 0.0693. The predicted octanol–water partition coefficient (Wildman–Crippen LogP) is 3.02. The Balaban J connectivity index is 1.91. The summed E-state index contributed by atoms with van der Waals surface area (Å²) in [6, 6.07) is 10.1. The molecule has 0 unspecified atom stereocenters. The lowest BCUT2D eigenvalue weighted by Gasteiger charge is -2.10. The Hall–Kier alpha value is -3.48. The van der Waals surface area contributed by atoms with Crippen molar-refractivity contribution in [1.29, 1.82) is 0 Å². The molecule has 1 heterocycles. The van der Waals surface area contributed by atoms with Crippen molar-refractivity contribution in [1.82, 2.24) is 10.3 Å². The molecule has 3 N–H and O–H groups in total. The molecular formula is C19H15FN2O4. The third kappa shape index (κ3) is 3.32. The Kier molecular flexibility index (Phi) is 4.53. The molecule has 0 radical (unpaired) electrons. The number of aromatic carboxylic acids is 1. The molecule has 0 bridgehead atoms. The van der Waals surface area contributed by atoms with Crippen molar-refractivity contribution in [2.24, 2.45) is 0 Å². The van der Waals surface area contributed by atoms with E-state index in [0.717, 1.165) is 0 Å². The van der Waals surface area contributed by atoms with Gasteiger partial charge in [0.2, 0.25) is 0 Å². The van der Waals surface area contributed by atoms with Crippen LogP contribution in [0.4, 0.5) is 4.39 Å². The van der Waals surface area contributed by atoms with Crippen LogP contribution in [0.5, 0.6) is 5.75 Å². The molecule has 2 aromatic carbocycles.